The molecule has 4 aliphatic carbocycles. The minimum Gasteiger partial charge on any atom is -0.481 e. The molecule has 3 saturated carbocycles. The predicted octanol–water partition coefficient (Wildman–Crippen LogP) is 7.03. The summed E-state index contributed by atoms with van der Waals surface area (Å²) in [5, 5.41) is 15.7. The van der Waals surface area contributed by atoms with Crippen molar-refractivity contribution in [3.63, 3.8) is 0 Å². The maximum atomic E-state index is 13.5. The van der Waals surface area contributed by atoms with E-state index in [0.29, 0.717) is 36.9 Å². The lowest BCUT2D eigenvalue weighted by atomic mass is 9.34. The molecule has 50 heavy (non-hydrogen) atoms. The van der Waals surface area contributed by atoms with Crippen LogP contribution in [0.1, 0.15) is 124 Å². The van der Waals surface area contributed by atoms with Crippen LogP contribution in [0.25, 0.3) is 0 Å². The summed E-state index contributed by atoms with van der Waals surface area (Å²) in [6.45, 7) is 23.7. The maximum absolute atomic E-state index is 13.5. The van der Waals surface area contributed by atoms with Gasteiger partial charge in [-0.05, 0) is 107 Å². The van der Waals surface area contributed by atoms with E-state index >= 15 is 0 Å². The highest BCUT2D eigenvalue weighted by Crippen LogP contribution is 2.75. The van der Waals surface area contributed by atoms with Crippen molar-refractivity contribution in [3.05, 3.63) is 22.2 Å². The monoisotopic (exact) mass is 759 g/mol. The molecule has 0 aromatic carbocycles. The Labute approximate surface area is 307 Å². The first-order chi connectivity index (χ1) is 23.1. The van der Waals surface area contributed by atoms with Crippen LogP contribution in [0.3, 0.4) is 0 Å². The summed E-state index contributed by atoms with van der Waals surface area (Å²) in [5.41, 5.74) is 11.8. The molecule has 5 N–H and O–H groups in total. The number of aromatic nitrogens is 3. The largest absolute Gasteiger partial charge is 0.481 e. The Kier molecular flexibility index (Phi) is 9.38. The quantitative estimate of drug-likeness (QED) is 0.227. The van der Waals surface area contributed by atoms with Crippen LogP contribution < -0.4 is 11.5 Å². The highest BCUT2D eigenvalue weighted by molar-refractivity contribution is 9.10. The van der Waals surface area contributed by atoms with Crippen molar-refractivity contribution in [2.75, 3.05) is 19.8 Å². The van der Waals surface area contributed by atoms with Gasteiger partial charge in [0.15, 0.2) is 4.73 Å². The summed E-state index contributed by atoms with van der Waals surface area (Å²) >= 11 is 3.63. The normalized spacial score (nSPS) is 42.9. The molecule has 0 radical (unpaired) electrons. The van der Waals surface area contributed by atoms with Crippen LogP contribution in [0.5, 0.6) is 0 Å². The van der Waals surface area contributed by atoms with E-state index in [1.54, 1.807) is 0 Å². The number of nitrogens with two attached hydrogens (primary N) is 2. The lowest BCUT2D eigenvalue weighted by Crippen LogP contribution is -2.69. The smallest absolute Gasteiger partial charge is 0.307 e. The fourth-order valence-electron chi connectivity index (χ4n) is 12.2. The number of carboxylic acid groups (broad SMARTS) is 1. The van der Waals surface area contributed by atoms with Gasteiger partial charge in [0.2, 0.25) is 5.82 Å². The van der Waals surface area contributed by atoms with Crippen LogP contribution in [-0.2, 0) is 14.3 Å². The number of nitrogens with zero attached hydrogens (tertiary/aromatic N) is 3. The molecule has 12 atom stereocenters. The number of primary amides is 1. The topological polar surface area (TPSA) is 156 Å². The number of hydrogen-bond acceptors (Lipinski definition) is 7. The highest BCUT2D eigenvalue weighted by atomic mass is 79.9. The van der Waals surface area contributed by atoms with Gasteiger partial charge in [0, 0.05) is 16.4 Å². The van der Waals surface area contributed by atoms with E-state index in [-0.39, 0.29) is 63.3 Å². The van der Waals surface area contributed by atoms with E-state index in [2.05, 4.69) is 94.4 Å². The lowest BCUT2D eigenvalue weighted by molar-refractivity contribution is -0.253. The van der Waals surface area contributed by atoms with Crippen LogP contribution in [0.15, 0.2) is 16.4 Å². The first-order valence-corrected chi connectivity index (χ1v) is 19.7. The van der Waals surface area contributed by atoms with E-state index in [1.807, 2.05) is 11.6 Å². The molecule has 2 bridgehead atoms. The molecular weight excluding hydrogens is 698 g/mol. The number of carbonyl (C=O) groups excluding carboxylic acids is 1. The second kappa shape index (κ2) is 12.4. The number of amides is 1. The number of hydrogen-bond donors (Lipinski definition) is 3. The van der Waals surface area contributed by atoms with E-state index < -0.39 is 28.7 Å². The second-order valence-corrected chi connectivity index (χ2v) is 19.7. The highest BCUT2D eigenvalue weighted by Gasteiger charge is 2.72. The van der Waals surface area contributed by atoms with E-state index in [9.17, 15) is 14.7 Å². The van der Waals surface area contributed by atoms with E-state index in [4.69, 9.17) is 20.9 Å². The molecule has 1 aromatic rings. The van der Waals surface area contributed by atoms with Gasteiger partial charge in [0.05, 0.1) is 37.9 Å². The molecule has 11 heteroatoms. The third-order valence-electron chi connectivity index (χ3n) is 16.1. The number of carboxylic acids is 1. The summed E-state index contributed by atoms with van der Waals surface area (Å²) in [5.74, 6) is -0.419. The Morgan fingerprint density at radius 1 is 1.12 bits per heavy atom. The van der Waals surface area contributed by atoms with Gasteiger partial charge < -0.3 is 26.0 Å². The van der Waals surface area contributed by atoms with Gasteiger partial charge in [0.1, 0.15) is 0 Å². The van der Waals surface area contributed by atoms with Gasteiger partial charge in [-0.3, -0.25) is 9.59 Å². The van der Waals surface area contributed by atoms with Gasteiger partial charge in [-0.2, -0.15) is 4.98 Å². The van der Waals surface area contributed by atoms with Gasteiger partial charge in [-0.15, -0.1) is 5.10 Å². The molecule has 0 unspecified atom stereocenters. The number of aliphatic carboxylic acids is 1. The third kappa shape index (κ3) is 5.24. The number of ether oxygens (including phenoxy) is 2. The van der Waals surface area contributed by atoms with Crippen LogP contribution in [0.4, 0.5) is 0 Å². The molecule has 280 valence electrons. The average molecular weight is 761 g/mol. The zero-order valence-corrected chi connectivity index (χ0v) is 33.6. The summed E-state index contributed by atoms with van der Waals surface area (Å²) in [7, 11) is 0. The third-order valence-corrected chi connectivity index (χ3v) is 16.6. The minimum atomic E-state index is -0.679. The van der Waals surface area contributed by atoms with Gasteiger partial charge in [-0.1, -0.05) is 74.0 Å². The molecule has 1 amide bonds. The Morgan fingerprint density at radius 3 is 2.38 bits per heavy atom. The Hall–Kier alpha value is -1.82. The van der Waals surface area contributed by atoms with Crippen molar-refractivity contribution < 1.29 is 24.2 Å². The molecule has 0 spiro atoms. The molecule has 1 aromatic heterocycles. The fraction of sp³-hybridized carbons (Fsp3) is 0.846. The first kappa shape index (κ1) is 37.9. The molecule has 5 aliphatic rings. The Balaban J connectivity index is 1.48. The lowest BCUT2D eigenvalue weighted by Gasteiger charge is -2.71. The molecule has 1 aliphatic heterocycles. The minimum absolute atomic E-state index is 0.0325. The Morgan fingerprint density at radius 2 is 1.80 bits per heavy atom. The van der Waals surface area contributed by atoms with E-state index in [0.717, 1.165) is 32.1 Å². The van der Waals surface area contributed by atoms with Gasteiger partial charge >= 0.3 is 5.97 Å². The van der Waals surface area contributed by atoms with Gasteiger partial charge in [-0.25, -0.2) is 4.68 Å². The second-order valence-electron chi connectivity index (χ2n) is 19.0. The number of fused-ring (bicyclic) bond motifs is 3. The van der Waals surface area contributed by atoms with Crippen molar-refractivity contribution in [2.45, 2.75) is 125 Å². The number of rotatable bonds is 9. The number of allylic oxidation sites excluding steroid dienone is 1. The molecule has 10 nitrogen and oxygen atoms in total. The zero-order chi connectivity index (χ0) is 37.0. The molecule has 1 saturated heterocycles. The van der Waals surface area contributed by atoms with Crippen molar-refractivity contribution in [1.82, 2.24) is 14.8 Å². The predicted molar refractivity (Wildman–Crippen MR) is 196 cm³/mol. The summed E-state index contributed by atoms with van der Waals surface area (Å²) in [4.78, 5) is 30.2. The van der Waals surface area contributed by atoms with Crippen molar-refractivity contribution in [3.8, 4) is 0 Å². The molecule has 4 fully saturated rings. The van der Waals surface area contributed by atoms with Crippen LogP contribution in [-0.4, -0.2) is 63.2 Å². The van der Waals surface area contributed by atoms with E-state index in [1.165, 1.54) is 5.57 Å². The average Bonchev–Trinajstić information content (AvgIpc) is 3.41. The van der Waals surface area contributed by atoms with Gasteiger partial charge in [0.25, 0.3) is 5.91 Å². The van der Waals surface area contributed by atoms with Crippen LogP contribution in [0.2, 0.25) is 0 Å². The zero-order valence-electron chi connectivity index (χ0n) is 32.0. The SMILES string of the molecule is CC(C)[C@@H](C)[C@@]1(C)CC[C@]2(C)[C@H]3CC[C@@H]4[C@@]5(COC[C@]4(C)[C@@H](OC[C@](C)(N)C(C)C)[C@H](n4nc(C(N)=O)nc4Br)C5)C3=CC[C@@]2(C)[C@@H]1C(=O)O. The maximum Gasteiger partial charge on any atom is 0.307 e. The summed E-state index contributed by atoms with van der Waals surface area (Å²) < 4.78 is 15.9. The summed E-state index contributed by atoms with van der Waals surface area (Å²) in [6.07, 6.45) is 7.48. The summed E-state index contributed by atoms with van der Waals surface area (Å²) in [6, 6.07) is -0.271. The fourth-order valence-corrected chi connectivity index (χ4v) is 12.7. The molecule has 6 rings (SSSR count). The van der Waals surface area contributed by atoms with Crippen LogP contribution in [0, 0.1) is 62.6 Å². The Bertz CT molecular complexity index is 1560. The van der Waals surface area contributed by atoms with Crippen molar-refractivity contribution in [1.29, 1.82) is 0 Å². The first-order valence-electron chi connectivity index (χ1n) is 18.9. The number of halogens is 1. The van der Waals surface area contributed by atoms with Crippen molar-refractivity contribution in [2.24, 2.45) is 74.0 Å². The number of carbonyl (C=O) groups is 2. The standard InChI is InChI=1S/C39H62BrN5O5/c1-21(2)23(5)34(6)15-16-36(8)24-11-12-27-35(7)18-49-20-39(27,25(24)13-14-37(36,9)28(34)32(47)48)17-26(29(35)50-19-38(10,42)22(3)4)45-33(40)43-31(44-45)30(41)46/h13,21-24,26-29H,11-12,14-20,42H2,1-10H3,(H2,41,46)(H,47,48)/t23-,24+,26-,27+,28-,29+,34-,35+,36-,37+,38+,39+/m1/s1. The molecular formula is C39H62BrN5O5. The van der Waals surface area contributed by atoms with Crippen molar-refractivity contribution >= 4 is 27.8 Å². The van der Waals surface area contributed by atoms with Crippen LogP contribution >= 0.6 is 15.9 Å². The molecule has 2 heterocycles.